The van der Waals surface area contributed by atoms with Gasteiger partial charge in [-0.15, -0.1) is 0 Å². The third-order valence-corrected chi connectivity index (χ3v) is 3.10. The monoisotopic (exact) mass is 368 g/mol. The lowest BCUT2D eigenvalue weighted by atomic mass is 10.00. The number of carbonyl (C=O) groups excluding carboxylic acids is 2. The first kappa shape index (κ1) is 18.8. The number of carbonyl (C=O) groups is 2. The Hall–Kier alpha value is -2.52. The molecule has 25 heavy (non-hydrogen) atoms. The van der Waals surface area contributed by atoms with Crippen molar-refractivity contribution < 1.29 is 45.4 Å². The topological polar surface area (TPSA) is 52.6 Å². The van der Waals surface area contributed by atoms with Gasteiger partial charge in [-0.3, -0.25) is 0 Å². The smallest absolute Gasteiger partial charge is 0.416 e. The molecular formula is C15H10F6O4. The van der Waals surface area contributed by atoms with Crippen LogP contribution in [-0.4, -0.2) is 17.7 Å². The fourth-order valence-corrected chi connectivity index (χ4v) is 2.05. The first-order valence-corrected chi connectivity index (χ1v) is 6.67. The fraction of sp³-hybridized carbons (Fsp3) is 0.333. The molecule has 0 aromatic heterocycles. The molecule has 0 saturated carbocycles. The number of hydrogen-bond acceptors (Lipinski definition) is 4. The summed E-state index contributed by atoms with van der Waals surface area (Å²) in [7, 11) is 0. The predicted octanol–water partition coefficient (Wildman–Crippen LogP) is 3.94. The van der Waals surface area contributed by atoms with Crippen molar-refractivity contribution in [1.29, 1.82) is 0 Å². The predicted molar refractivity (Wildman–Crippen MR) is 70.7 cm³/mol. The maximum atomic E-state index is 13.0. The van der Waals surface area contributed by atoms with Crippen LogP contribution in [0.2, 0.25) is 0 Å². The summed E-state index contributed by atoms with van der Waals surface area (Å²) in [6.45, 7) is 2.43. The van der Waals surface area contributed by atoms with Gasteiger partial charge in [0.15, 0.2) is 0 Å². The Morgan fingerprint density at radius 2 is 1.44 bits per heavy atom. The first-order valence-electron chi connectivity index (χ1n) is 6.67. The summed E-state index contributed by atoms with van der Waals surface area (Å²) in [4.78, 5) is 23.5. The zero-order valence-electron chi connectivity index (χ0n) is 12.7. The lowest BCUT2D eigenvalue weighted by Gasteiger charge is -2.29. The highest BCUT2D eigenvalue weighted by Crippen LogP contribution is 2.38. The zero-order valence-corrected chi connectivity index (χ0v) is 12.7. The number of halogens is 6. The molecule has 1 aromatic carbocycles. The van der Waals surface area contributed by atoms with Crippen molar-refractivity contribution in [3.63, 3.8) is 0 Å². The molecule has 0 radical (unpaired) electrons. The Balaban J connectivity index is 2.60. The van der Waals surface area contributed by atoms with Gasteiger partial charge in [-0.05, 0) is 29.8 Å². The van der Waals surface area contributed by atoms with Crippen LogP contribution in [-0.2, 0) is 31.4 Å². The Kier molecular flexibility index (Phi) is 4.35. The van der Waals surface area contributed by atoms with Crippen LogP contribution in [0.3, 0.4) is 0 Å². The number of ether oxygens (including phenoxy) is 2. The van der Waals surface area contributed by atoms with E-state index in [0.717, 1.165) is 0 Å². The molecule has 0 unspecified atom stereocenters. The van der Waals surface area contributed by atoms with Crippen LogP contribution in [0.25, 0.3) is 6.08 Å². The molecule has 2 rings (SSSR count). The van der Waals surface area contributed by atoms with Gasteiger partial charge in [-0.2, -0.15) is 26.3 Å². The third-order valence-electron chi connectivity index (χ3n) is 3.10. The molecule has 1 aromatic rings. The van der Waals surface area contributed by atoms with E-state index in [2.05, 4.69) is 0 Å². The molecule has 0 amide bonds. The van der Waals surface area contributed by atoms with Gasteiger partial charge in [0.1, 0.15) is 5.57 Å². The van der Waals surface area contributed by atoms with Crippen LogP contribution in [0.5, 0.6) is 0 Å². The molecule has 0 bridgehead atoms. The molecule has 1 saturated heterocycles. The highest BCUT2D eigenvalue weighted by molar-refractivity contribution is 6.19. The SMILES string of the molecule is CC1(C)OC(=O)C(=Cc2cc(C(F)(F)F)ccc2C(F)(F)F)C(=O)O1. The van der Waals surface area contributed by atoms with Crippen molar-refractivity contribution in [2.75, 3.05) is 0 Å². The van der Waals surface area contributed by atoms with Gasteiger partial charge in [0.05, 0.1) is 11.1 Å². The van der Waals surface area contributed by atoms with E-state index in [9.17, 15) is 35.9 Å². The Morgan fingerprint density at radius 1 is 0.920 bits per heavy atom. The summed E-state index contributed by atoms with van der Waals surface area (Å²) in [6.07, 6.45) is -9.54. The molecular weight excluding hydrogens is 358 g/mol. The summed E-state index contributed by atoms with van der Waals surface area (Å²) >= 11 is 0. The van der Waals surface area contributed by atoms with Gasteiger partial charge >= 0.3 is 24.3 Å². The van der Waals surface area contributed by atoms with E-state index >= 15 is 0 Å². The zero-order chi connectivity index (χ0) is 19.2. The third kappa shape index (κ3) is 4.12. The van der Waals surface area contributed by atoms with Crippen molar-refractivity contribution >= 4 is 18.0 Å². The Bertz CT molecular complexity index is 736. The highest BCUT2D eigenvalue weighted by atomic mass is 19.4. The molecule has 1 heterocycles. The minimum absolute atomic E-state index is 0.191. The van der Waals surface area contributed by atoms with Crippen LogP contribution < -0.4 is 0 Å². The van der Waals surface area contributed by atoms with E-state index in [-0.39, 0.29) is 18.2 Å². The normalized spacial score (nSPS) is 17.8. The van der Waals surface area contributed by atoms with Gasteiger partial charge in [0, 0.05) is 13.8 Å². The molecule has 4 nitrogen and oxygen atoms in total. The second-order valence-corrected chi connectivity index (χ2v) is 5.53. The minimum Gasteiger partial charge on any atom is -0.419 e. The standard InChI is InChI=1S/C15H10F6O4/c1-13(2)24-11(22)9(12(23)25-13)6-7-5-8(14(16,17)18)3-4-10(7)15(19,20)21/h3-6H,1-2H3. The Labute approximate surface area is 137 Å². The molecule has 136 valence electrons. The number of benzene rings is 1. The van der Waals surface area contributed by atoms with Crippen LogP contribution in [0.1, 0.15) is 30.5 Å². The summed E-state index contributed by atoms with van der Waals surface area (Å²) in [5, 5.41) is 0. The summed E-state index contributed by atoms with van der Waals surface area (Å²) < 4.78 is 86.6. The van der Waals surface area contributed by atoms with Gasteiger partial charge in [0.2, 0.25) is 0 Å². The Morgan fingerprint density at radius 3 is 1.88 bits per heavy atom. The lowest BCUT2D eigenvalue weighted by Crippen LogP contribution is -2.41. The molecule has 1 aliphatic heterocycles. The largest absolute Gasteiger partial charge is 0.419 e. The van der Waals surface area contributed by atoms with E-state index in [1.54, 1.807) is 0 Å². The van der Waals surface area contributed by atoms with Crippen molar-refractivity contribution in [3.8, 4) is 0 Å². The van der Waals surface area contributed by atoms with Crippen molar-refractivity contribution in [1.82, 2.24) is 0 Å². The molecule has 0 N–H and O–H groups in total. The fourth-order valence-electron chi connectivity index (χ4n) is 2.05. The van der Waals surface area contributed by atoms with Crippen molar-refractivity contribution in [3.05, 3.63) is 40.5 Å². The van der Waals surface area contributed by atoms with Crippen molar-refractivity contribution in [2.24, 2.45) is 0 Å². The van der Waals surface area contributed by atoms with E-state index in [1.807, 2.05) is 0 Å². The average Bonchev–Trinajstić information content (AvgIpc) is 2.39. The summed E-state index contributed by atoms with van der Waals surface area (Å²) in [5.74, 6) is -4.23. The number of hydrogen-bond donors (Lipinski definition) is 0. The van der Waals surface area contributed by atoms with Crippen LogP contribution in [0.4, 0.5) is 26.3 Å². The summed E-state index contributed by atoms with van der Waals surface area (Å²) in [6, 6.07) is 0.667. The average molecular weight is 368 g/mol. The van der Waals surface area contributed by atoms with Gasteiger partial charge in [0.25, 0.3) is 5.79 Å². The number of alkyl halides is 6. The molecule has 0 spiro atoms. The number of esters is 2. The van der Waals surface area contributed by atoms with Crippen LogP contribution in [0, 0.1) is 0 Å². The minimum atomic E-state index is -5.00. The second-order valence-electron chi connectivity index (χ2n) is 5.53. The molecule has 1 fully saturated rings. The molecule has 1 aliphatic rings. The van der Waals surface area contributed by atoms with E-state index < -0.39 is 52.3 Å². The van der Waals surface area contributed by atoms with E-state index in [0.29, 0.717) is 6.08 Å². The molecule has 0 aliphatic carbocycles. The first-order chi connectivity index (χ1) is 11.2. The van der Waals surface area contributed by atoms with E-state index in [1.165, 1.54) is 13.8 Å². The van der Waals surface area contributed by atoms with Crippen LogP contribution in [0.15, 0.2) is 23.8 Å². The maximum Gasteiger partial charge on any atom is 0.416 e. The quantitative estimate of drug-likeness (QED) is 0.326. The van der Waals surface area contributed by atoms with Gasteiger partial charge < -0.3 is 9.47 Å². The molecule has 10 heteroatoms. The number of rotatable bonds is 1. The van der Waals surface area contributed by atoms with E-state index in [4.69, 9.17) is 9.47 Å². The summed E-state index contributed by atoms with van der Waals surface area (Å²) in [5.41, 5.74) is -4.77. The van der Waals surface area contributed by atoms with Gasteiger partial charge in [-0.25, -0.2) is 9.59 Å². The van der Waals surface area contributed by atoms with Gasteiger partial charge in [-0.1, -0.05) is 0 Å². The molecule has 0 atom stereocenters. The van der Waals surface area contributed by atoms with Crippen molar-refractivity contribution in [2.45, 2.75) is 32.0 Å². The number of cyclic esters (lactones) is 2. The maximum absolute atomic E-state index is 13.0. The second kappa shape index (κ2) is 5.78. The highest BCUT2D eigenvalue weighted by Gasteiger charge is 2.41. The lowest BCUT2D eigenvalue weighted by molar-refractivity contribution is -0.222. The van der Waals surface area contributed by atoms with Crippen LogP contribution >= 0.6 is 0 Å².